The lowest BCUT2D eigenvalue weighted by Gasteiger charge is -2.20. The minimum atomic E-state index is -4.26. The molecule has 0 heterocycles. The summed E-state index contributed by atoms with van der Waals surface area (Å²) in [5, 5.41) is 21.0. The normalized spacial score (nSPS) is 16.4. The molecule has 9 nitrogen and oxygen atoms in total. The van der Waals surface area contributed by atoms with Crippen LogP contribution in [0.25, 0.3) is 4.98 Å². The van der Waals surface area contributed by atoms with Gasteiger partial charge in [0.15, 0.2) is 10.7 Å². The number of rotatable bonds is 9. The Morgan fingerprint density at radius 3 is 2.52 bits per heavy atom. The monoisotopic (exact) mass is 433 g/mol. The summed E-state index contributed by atoms with van der Waals surface area (Å²) in [6.45, 7) is 5.78. The number of sulfonamides is 1. The van der Waals surface area contributed by atoms with E-state index in [0.29, 0.717) is 6.20 Å². The Morgan fingerprint density at radius 2 is 1.97 bits per heavy atom. The van der Waals surface area contributed by atoms with Crippen LogP contribution in [-0.4, -0.2) is 37.8 Å². The molecule has 0 fully saturated rings. The third-order valence-corrected chi connectivity index (χ3v) is 4.81. The number of alkyl carbamates (subject to hydrolysis) is 1. The number of nitrogens with one attached hydrogen (secondary N) is 2. The summed E-state index contributed by atoms with van der Waals surface area (Å²) in [6.07, 6.45) is -6.81. The Balaban J connectivity index is 3.11. The van der Waals surface area contributed by atoms with E-state index in [4.69, 9.17) is 15.6 Å². The maximum Gasteiger partial charge on any atom is 0.407 e. The number of aliphatic hydroxyl groups is 1. The van der Waals surface area contributed by atoms with Crippen LogP contribution >= 0.6 is 0 Å². The van der Waals surface area contributed by atoms with Gasteiger partial charge in [0.25, 0.3) is 0 Å². The van der Waals surface area contributed by atoms with Crippen molar-refractivity contribution in [2.45, 2.75) is 63.4 Å². The summed E-state index contributed by atoms with van der Waals surface area (Å²) in [6, 6.07) is 4.03. The Bertz CT molecular complexity index is 1020. The molecule has 0 saturated heterocycles. The van der Waals surface area contributed by atoms with E-state index in [1.165, 1.54) is 12.1 Å². The topological polar surface area (TPSA) is 133 Å². The van der Waals surface area contributed by atoms with Crippen LogP contribution in [0.1, 0.15) is 51.0 Å². The molecule has 0 aromatic heterocycles. The van der Waals surface area contributed by atoms with Gasteiger partial charge in [0.1, 0.15) is 5.60 Å². The van der Waals surface area contributed by atoms with E-state index in [1.54, 1.807) is 39.8 Å². The molecule has 1 atom stereocenters. The highest BCUT2D eigenvalue weighted by atomic mass is 32.2. The first-order valence-electron chi connectivity index (χ1n) is 10.7. The van der Waals surface area contributed by atoms with Gasteiger partial charge in [0, 0.05) is 12.0 Å². The summed E-state index contributed by atoms with van der Waals surface area (Å²) in [7, 11) is -4.26. The molecule has 1 aromatic rings. The van der Waals surface area contributed by atoms with Crippen LogP contribution in [0.3, 0.4) is 0 Å². The summed E-state index contributed by atoms with van der Waals surface area (Å²) in [5.41, 5.74) is -0.0474. The highest BCUT2D eigenvalue weighted by molar-refractivity contribution is 7.89. The van der Waals surface area contributed by atoms with Crippen LogP contribution in [0.4, 0.5) is 4.79 Å². The molecule has 1 rings (SSSR count). The second-order valence-corrected chi connectivity index (χ2v) is 8.78. The van der Waals surface area contributed by atoms with E-state index < -0.39 is 59.2 Å². The van der Waals surface area contributed by atoms with E-state index >= 15 is 0 Å². The van der Waals surface area contributed by atoms with Crippen LogP contribution in [0.15, 0.2) is 41.1 Å². The van der Waals surface area contributed by atoms with Gasteiger partial charge in [-0.3, -0.25) is 0 Å². The number of ether oxygens (including phenoxy) is 1. The predicted molar refractivity (Wildman–Crippen MR) is 109 cm³/mol. The van der Waals surface area contributed by atoms with Gasteiger partial charge in [-0.1, -0.05) is 17.7 Å². The molecular weight excluding hydrogens is 396 g/mol. The highest BCUT2D eigenvalue weighted by Crippen LogP contribution is 2.15. The van der Waals surface area contributed by atoms with E-state index in [-0.39, 0.29) is 4.90 Å². The molecule has 0 spiro atoms. The zero-order valence-electron chi connectivity index (χ0n) is 20.8. The Morgan fingerprint density at radius 1 is 1.34 bits per heavy atom. The van der Waals surface area contributed by atoms with Gasteiger partial charge in [0.05, 0.1) is 10.9 Å². The number of hydrogen-bond donors (Lipinski definition) is 3. The molecule has 0 bridgehead atoms. The number of nitrogens with zero attached hydrogens (tertiary/aromatic N) is 2. The molecule has 0 unspecified atom stereocenters. The number of amides is 1. The molecule has 0 aliphatic heterocycles. The smallest absolute Gasteiger partial charge is 0.407 e. The molecule has 1 aromatic carbocycles. The van der Waals surface area contributed by atoms with Gasteiger partial charge in [-0.2, -0.15) is 0 Å². The fourth-order valence-corrected chi connectivity index (χ4v) is 3.20. The second kappa shape index (κ2) is 10.8. The number of carbonyl (C=O) groups is 1. The van der Waals surface area contributed by atoms with Gasteiger partial charge in [-0.05, 0) is 59.0 Å². The maximum atomic E-state index is 12.7. The largest absolute Gasteiger partial charge is 0.504 e. The molecule has 160 valence electrons. The van der Waals surface area contributed by atoms with Crippen molar-refractivity contribution in [1.82, 2.24) is 10.0 Å². The number of hydrogen-bond acceptors (Lipinski definition) is 6. The summed E-state index contributed by atoms with van der Waals surface area (Å²) in [4.78, 5) is 14.3. The van der Waals surface area contributed by atoms with Crippen LogP contribution < -0.4 is 10.0 Å². The van der Waals surface area contributed by atoms with E-state index in [1.807, 2.05) is 0 Å². The number of carbonyl (C=O) groups excluding carboxylic acids is 1. The first-order chi connectivity index (χ1) is 14.9. The zero-order valence-corrected chi connectivity index (χ0v) is 17.6. The highest BCUT2D eigenvalue weighted by Gasteiger charge is 2.25. The number of aliphatic hydroxyl groups excluding tert-OH is 1. The van der Waals surface area contributed by atoms with E-state index in [9.17, 15) is 18.3 Å². The molecule has 0 saturated carbocycles. The Labute approximate surface area is 177 Å². The van der Waals surface area contributed by atoms with Gasteiger partial charge in [-0.25, -0.2) is 17.9 Å². The van der Waals surface area contributed by atoms with E-state index in [2.05, 4.69) is 15.0 Å². The SMILES string of the molecule is [3H]C([3H])(CNC(=O)OC(C)(C)C)C([3H])([3H])C[C@H](NS(=O)(=O)c1ccc(C)cc1)/C(O)=C/[N+]#N. The fourth-order valence-electron chi connectivity index (χ4n) is 2.00. The lowest BCUT2D eigenvalue weighted by molar-refractivity contribution is 0.0527. The van der Waals surface area contributed by atoms with Gasteiger partial charge in [0.2, 0.25) is 15.4 Å². The van der Waals surface area contributed by atoms with Crippen molar-refractivity contribution < 1.29 is 28.5 Å². The van der Waals surface area contributed by atoms with Crippen molar-refractivity contribution in [3.05, 3.63) is 46.8 Å². The molecule has 1 amide bonds. The number of diazo groups is 1. The zero-order chi connectivity index (χ0) is 25.7. The Hall–Kier alpha value is -2.64. The first-order valence-corrected chi connectivity index (χ1v) is 10.2. The average Bonchev–Trinajstić information content (AvgIpc) is 2.64. The average molecular weight is 434 g/mol. The summed E-state index contributed by atoms with van der Waals surface area (Å²) in [5.74, 6) is -0.840. The summed E-state index contributed by atoms with van der Waals surface area (Å²) >= 11 is 0. The molecule has 0 aliphatic carbocycles. The minimum Gasteiger partial charge on any atom is -0.504 e. The minimum absolute atomic E-state index is 0.165. The number of benzene rings is 1. The third-order valence-electron chi connectivity index (χ3n) is 3.33. The van der Waals surface area contributed by atoms with Crippen molar-refractivity contribution in [1.29, 1.82) is 5.39 Å². The van der Waals surface area contributed by atoms with Gasteiger partial charge >= 0.3 is 12.3 Å². The Kier molecular flexibility index (Phi) is 6.84. The standard InChI is InChI=1S/C19H28N4O5S/c1-14-8-10-15(11-9-14)29(26,27)23-16(17(24)13-22-20)7-5-6-12-21-18(25)28-19(2,3)4/h8-11,13,16,23H,5-7,12H2,1-4H3,(H-,21,24,25)/p+1/b17-13-/t16-/m0/s1/i5T2,6T2. The van der Waals surface area contributed by atoms with Gasteiger partial charge < -0.3 is 15.2 Å². The van der Waals surface area contributed by atoms with Crippen molar-refractivity contribution in [2.75, 3.05) is 6.54 Å². The van der Waals surface area contributed by atoms with Crippen LogP contribution in [0.2, 0.25) is 0 Å². The summed E-state index contributed by atoms with van der Waals surface area (Å²) < 4.78 is 65.1. The van der Waals surface area contributed by atoms with Crippen molar-refractivity contribution in [3.63, 3.8) is 0 Å². The molecule has 29 heavy (non-hydrogen) atoms. The lowest BCUT2D eigenvalue weighted by atomic mass is 10.1. The van der Waals surface area contributed by atoms with Crippen molar-refractivity contribution >= 4 is 16.1 Å². The van der Waals surface area contributed by atoms with E-state index in [0.717, 1.165) is 5.56 Å². The predicted octanol–water partition coefficient (Wildman–Crippen LogP) is 3.59. The maximum absolute atomic E-state index is 12.7. The first kappa shape index (κ1) is 18.4. The fraction of sp³-hybridized carbons (Fsp3) is 0.526. The van der Waals surface area contributed by atoms with Gasteiger partial charge in [-0.15, -0.1) is 0 Å². The van der Waals surface area contributed by atoms with Crippen molar-refractivity contribution in [3.8, 4) is 0 Å². The van der Waals surface area contributed by atoms with Crippen molar-refractivity contribution in [2.24, 2.45) is 0 Å². The molecular formula is C19H29N4O5S+. The van der Waals surface area contributed by atoms with Crippen LogP contribution in [0, 0.1) is 12.3 Å². The third kappa shape index (κ3) is 9.40. The number of aryl methyl sites for hydroxylation is 1. The molecule has 0 radical (unpaired) electrons. The van der Waals surface area contributed by atoms with Crippen LogP contribution in [0.5, 0.6) is 0 Å². The molecule has 0 aliphatic rings. The molecule has 10 heteroatoms. The second-order valence-electron chi connectivity index (χ2n) is 7.07. The van der Waals surface area contributed by atoms with Crippen LogP contribution in [-0.2, 0) is 14.8 Å². The quantitative estimate of drug-likeness (QED) is 0.403. The molecule has 3 N–H and O–H groups in total. The lowest BCUT2D eigenvalue weighted by Crippen LogP contribution is -2.36.